The standard InChI is InChI=1S/C33H22NO2/c35-33(29-19-16-23-9-4-5-12-28(23)34(29)21-22-7-2-1-3-8-22)36-30-20-17-26-14-13-24-10-6-11-25-15-18-27(30)32(26)31(24)25/h1-20H,21H2/q+1. The van der Waals surface area contributed by atoms with Crippen molar-refractivity contribution in [1.82, 2.24) is 0 Å². The summed E-state index contributed by atoms with van der Waals surface area (Å²) in [6, 6.07) is 40.9. The van der Waals surface area contributed by atoms with Crippen molar-refractivity contribution in [3.8, 4) is 5.75 Å². The number of nitrogens with zero attached hydrogens (tertiary/aromatic N) is 1. The Kier molecular flexibility index (Phi) is 4.68. The third kappa shape index (κ3) is 3.29. The second-order valence-electron chi connectivity index (χ2n) is 9.16. The van der Waals surface area contributed by atoms with Gasteiger partial charge in [0.1, 0.15) is 5.75 Å². The van der Waals surface area contributed by atoms with E-state index in [0.717, 1.165) is 32.6 Å². The first-order valence-corrected chi connectivity index (χ1v) is 12.1. The Hall–Kier alpha value is -4.76. The SMILES string of the molecule is O=C(Oc1ccc2ccc3cccc4ccc1c2c34)c1ccc2ccccc2[n+]1Cc1ccccc1. The highest BCUT2D eigenvalue weighted by Crippen LogP contribution is 2.38. The smallest absolute Gasteiger partial charge is 0.409 e. The van der Waals surface area contributed by atoms with Gasteiger partial charge in [0.05, 0.1) is 0 Å². The summed E-state index contributed by atoms with van der Waals surface area (Å²) < 4.78 is 8.17. The molecule has 1 heterocycles. The molecule has 0 radical (unpaired) electrons. The number of hydrogen-bond donors (Lipinski definition) is 0. The number of hydrogen-bond acceptors (Lipinski definition) is 2. The van der Waals surface area contributed by atoms with Crippen LogP contribution in [0.1, 0.15) is 16.1 Å². The normalized spacial score (nSPS) is 11.6. The first kappa shape index (κ1) is 20.6. The van der Waals surface area contributed by atoms with Gasteiger partial charge < -0.3 is 4.74 Å². The third-order valence-electron chi connectivity index (χ3n) is 7.02. The van der Waals surface area contributed by atoms with Crippen molar-refractivity contribution in [2.24, 2.45) is 0 Å². The number of ether oxygens (including phenoxy) is 1. The van der Waals surface area contributed by atoms with E-state index in [9.17, 15) is 4.79 Å². The van der Waals surface area contributed by atoms with E-state index in [0.29, 0.717) is 18.0 Å². The van der Waals surface area contributed by atoms with Crippen molar-refractivity contribution in [3.05, 3.63) is 133 Å². The largest absolute Gasteiger partial charge is 0.418 e. The van der Waals surface area contributed by atoms with Crippen LogP contribution in [0, 0.1) is 0 Å². The molecule has 6 aromatic carbocycles. The second-order valence-corrected chi connectivity index (χ2v) is 9.16. The lowest BCUT2D eigenvalue weighted by molar-refractivity contribution is -0.664. The molecule has 170 valence electrons. The number of esters is 1. The van der Waals surface area contributed by atoms with Crippen molar-refractivity contribution in [1.29, 1.82) is 0 Å². The lowest BCUT2D eigenvalue weighted by Crippen LogP contribution is -2.42. The maximum Gasteiger partial charge on any atom is 0.409 e. The number of benzene rings is 6. The zero-order valence-corrected chi connectivity index (χ0v) is 19.5. The summed E-state index contributed by atoms with van der Waals surface area (Å²) in [6.07, 6.45) is 0. The molecule has 0 unspecified atom stereocenters. The van der Waals surface area contributed by atoms with E-state index in [1.54, 1.807) is 0 Å². The summed E-state index contributed by atoms with van der Waals surface area (Å²) in [5.74, 6) is 0.205. The summed E-state index contributed by atoms with van der Waals surface area (Å²) in [5, 5.41) is 7.86. The zero-order chi connectivity index (χ0) is 24.1. The highest BCUT2D eigenvalue weighted by molar-refractivity contribution is 6.24. The van der Waals surface area contributed by atoms with Crippen LogP contribution in [0.25, 0.3) is 43.2 Å². The molecule has 3 nitrogen and oxygen atoms in total. The Morgan fingerprint density at radius 1 is 0.583 bits per heavy atom. The molecule has 0 fully saturated rings. The molecule has 0 amide bonds. The van der Waals surface area contributed by atoms with Crippen molar-refractivity contribution < 1.29 is 14.1 Å². The number of rotatable bonds is 4. The molecule has 0 bridgehead atoms. The van der Waals surface area contributed by atoms with E-state index in [2.05, 4.69) is 60.7 Å². The first-order chi connectivity index (χ1) is 17.8. The fourth-order valence-corrected chi connectivity index (χ4v) is 5.33. The number of para-hydroxylation sites is 1. The van der Waals surface area contributed by atoms with Crippen LogP contribution in [0.15, 0.2) is 121 Å². The van der Waals surface area contributed by atoms with E-state index >= 15 is 0 Å². The van der Waals surface area contributed by atoms with Crippen LogP contribution in [0.3, 0.4) is 0 Å². The third-order valence-corrected chi connectivity index (χ3v) is 7.02. The molecule has 3 heteroatoms. The molecule has 0 atom stereocenters. The fourth-order valence-electron chi connectivity index (χ4n) is 5.33. The quantitative estimate of drug-likeness (QED) is 0.118. The van der Waals surface area contributed by atoms with Gasteiger partial charge in [0.15, 0.2) is 6.54 Å². The van der Waals surface area contributed by atoms with E-state index in [4.69, 9.17) is 4.74 Å². The number of pyridine rings is 1. The summed E-state index contributed by atoms with van der Waals surface area (Å²) >= 11 is 0. The van der Waals surface area contributed by atoms with E-state index < -0.39 is 0 Å². The molecule has 0 aliphatic carbocycles. The lowest BCUT2D eigenvalue weighted by atomic mass is 9.94. The molecule has 0 saturated carbocycles. The van der Waals surface area contributed by atoms with Gasteiger partial charge in [-0.2, -0.15) is 4.57 Å². The van der Waals surface area contributed by atoms with Gasteiger partial charge in [0.25, 0.3) is 5.69 Å². The Morgan fingerprint density at radius 2 is 1.22 bits per heavy atom. The maximum absolute atomic E-state index is 13.7. The first-order valence-electron chi connectivity index (χ1n) is 12.1. The highest BCUT2D eigenvalue weighted by atomic mass is 16.5. The minimum Gasteiger partial charge on any atom is -0.418 e. The highest BCUT2D eigenvalue weighted by Gasteiger charge is 2.25. The molecule has 0 spiro atoms. The second kappa shape index (κ2) is 8.17. The molecule has 0 aliphatic rings. The van der Waals surface area contributed by atoms with Crippen LogP contribution in [0.4, 0.5) is 0 Å². The molecule has 0 N–H and O–H groups in total. The van der Waals surface area contributed by atoms with Crippen molar-refractivity contribution in [3.63, 3.8) is 0 Å². The van der Waals surface area contributed by atoms with Gasteiger partial charge in [-0.25, -0.2) is 4.79 Å². The summed E-state index contributed by atoms with van der Waals surface area (Å²) in [7, 11) is 0. The minimum absolute atomic E-state index is 0.369. The van der Waals surface area contributed by atoms with Crippen LogP contribution < -0.4 is 9.30 Å². The Labute approximate surface area is 208 Å². The van der Waals surface area contributed by atoms with Crippen molar-refractivity contribution in [2.75, 3.05) is 0 Å². The molecule has 7 aromatic rings. The molecule has 1 aromatic heterocycles. The van der Waals surface area contributed by atoms with Crippen LogP contribution in [-0.2, 0) is 6.54 Å². The van der Waals surface area contributed by atoms with Crippen LogP contribution in [0.2, 0.25) is 0 Å². The lowest BCUT2D eigenvalue weighted by Gasteiger charge is -2.14. The van der Waals surface area contributed by atoms with Crippen molar-refractivity contribution >= 4 is 49.2 Å². The van der Waals surface area contributed by atoms with Gasteiger partial charge in [0, 0.05) is 33.9 Å². The zero-order valence-electron chi connectivity index (χ0n) is 19.5. The van der Waals surface area contributed by atoms with E-state index in [-0.39, 0.29) is 5.97 Å². The fraction of sp³-hybridized carbons (Fsp3) is 0.0303. The Bertz CT molecular complexity index is 1890. The van der Waals surface area contributed by atoms with Crippen LogP contribution >= 0.6 is 0 Å². The monoisotopic (exact) mass is 464 g/mol. The minimum atomic E-state index is -0.369. The van der Waals surface area contributed by atoms with Gasteiger partial charge >= 0.3 is 5.97 Å². The topological polar surface area (TPSA) is 30.2 Å². The van der Waals surface area contributed by atoms with Gasteiger partial charge in [-0.05, 0) is 45.8 Å². The predicted molar refractivity (Wildman–Crippen MR) is 145 cm³/mol. The van der Waals surface area contributed by atoms with E-state index in [1.807, 2.05) is 65.2 Å². The van der Waals surface area contributed by atoms with Gasteiger partial charge in [0.2, 0.25) is 5.52 Å². The van der Waals surface area contributed by atoms with Crippen LogP contribution in [0.5, 0.6) is 5.75 Å². The number of fused-ring (bicyclic) bond motifs is 1. The van der Waals surface area contributed by atoms with Gasteiger partial charge in [-0.1, -0.05) is 84.9 Å². The summed E-state index contributed by atoms with van der Waals surface area (Å²) in [6.45, 7) is 0.575. The Morgan fingerprint density at radius 3 is 2.06 bits per heavy atom. The summed E-state index contributed by atoms with van der Waals surface area (Å²) in [4.78, 5) is 13.7. The average Bonchev–Trinajstić information content (AvgIpc) is 2.93. The van der Waals surface area contributed by atoms with Gasteiger partial charge in [-0.3, -0.25) is 0 Å². The number of carbonyl (C=O) groups is 1. The molecule has 0 saturated heterocycles. The molecular weight excluding hydrogens is 442 g/mol. The molecule has 0 aliphatic heterocycles. The maximum atomic E-state index is 13.7. The predicted octanol–water partition coefficient (Wildman–Crippen LogP) is 7.29. The molecule has 7 rings (SSSR count). The number of aromatic nitrogens is 1. The summed E-state index contributed by atoms with van der Waals surface area (Å²) in [5.41, 5.74) is 2.63. The average molecular weight is 465 g/mol. The molecule has 36 heavy (non-hydrogen) atoms. The molecular formula is C33H22NO2+. The van der Waals surface area contributed by atoms with Crippen LogP contribution in [-0.4, -0.2) is 5.97 Å². The van der Waals surface area contributed by atoms with Crippen molar-refractivity contribution in [2.45, 2.75) is 6.54 Å². The van der Waals surface area contributed by atoms with E-state index in [1.165, 1.54) is 16.2 Å². The van der Waals surface area contributed by atoms with Gasteiger partial charge in [-0.15, -0.1) is 0 Å². The Balaban J connectivity index is 1.36. The number of carbonyl (C=O) groups excluding carboxylic acids is 1.